The number of fused-ring (bicyclic) bond motifs is 1. The fourth-order valence-corrected chi connectivity index (χ4v) is 2.36. The van der Waals surface area contributed by atoms with Crippen LogP contribution in [0, 0.1) is 3.70 Å². The molecule has 0 saturated heterocycles. The molecule has 1 aromatic heterocycles. The van der Waals surface area contributed by atoms with Crippen molar-refractivity contribution in [2.75, 3.05) is 6.61 Å². The lowest BCUT2D eigenvalue weighted by atomic mass is 10.2. The predicted octanol–water partition coefficient (Wildman–Crippen LogP) is 3.06. The number of aryl methyl sites for hydroxylation is 1. The second-order valence-corrected chi connectivity index (χ2v) is 4.21. The van der Waals surface area contributed by atoms with Crippen LogP contribution in [0.2, 0.25) is 0 Å². The molecule has 3 nitrogen and oxygen atoms in total. The van der Waals surface area contributed by atoms with Gasteiger partial charge in [-0.2, -0.15) is 5.10 Å². The van der Waals surface area contributed by atoms with E-state index in [9.17, 15) is 0 Å². The van der Waals surface area contributed by atoms with Crippen LogP contribution >= 0.6 is 22.6 Å². The molecule has 80 valence electrons. The van der Waals surface area contributed by atoms with Gasteiger partial charge in [0, 0.05) is 11.9 Å². The molecule has 0 spiro atoms. The summed E-state index contributed by atoms with van der Waals surface area (Å²) in [6.07, 6.45) is 0. The fraction of sp³-hybridized carbons (Fsp3) is 0.364. The zero-order valence-electron chi connectivity index (χ0n) is 8.83. The molecule has 0 aliphatic carbocycles. The molecule has 0 saturated carbocycles. The third-order valence-electron chi connectivity index (χ3n) is 2.29. The summed E-state index contributed by atoms with van der Waals surface area (Å²) in [6, 6.07) is 6.09. The molecule has 0 fully saturated rings. The highest BCUT2D eigenvalue weighted by molar-refractivity contribution is 14.1. The van der Waals surface area contributed by atoms with Gasteiger partial charge in [0.25, 0.3) is 0 Å². The second kappa shape index (κ2) is 4.38. The van der Waals surface area contributed by atoms with Gasteiger partial charge in [-0.1, -0.05) is 6.07 Å². The van der Waals surface area contributed by atoms with E-state index in [0.717, 1.165) is 21.5 Å². The zero-order chi connectivity index (χ0) is 10.8. The minimum absolute atomic E-state index is 0.685. The maximum Gasteiger partial charge on any atom is 0.145 e. The predicted molar refractivity (Wildman–Crippen MR) is 69.3 cm³/mol. The Kier molecular flexibility index (Phi) is 3.14. The number of rotatable bonds is 3. The van der Waals surface area contributed by atoms with Crippen LogP contribution in [0.5, 0.6) is 5.75 Å². The molecule has 0 N–H and O–H groups in total. The number of para-hydroxylation sites is 1. The average molecular weight is 316 g/mol. The average Bonchev–Trinajstić information content (AvgIpc) is 2.58. The molecular weight excluding hydrogens is 303 g/mol. The first-order chi connectivity index (χ1) is 7.27. The zero-order valence-corrected chi connectivity index (χ0v) is 11.0. The number of aromatic nitrogens is 2. The van der Waals surface area contributed by atoms with Gasteiger partial charge in [-0.25, -0.2) is 0 Å². The number of halogens is 1. The second-order valence-electron chi connectivity index (χ2n) is 3.19. The van der Waals surface area contributed by atoms with Crippen LogP contribution in [0.25, 0.3) is 10.9 Å². The van der Waals surface area contributed by atoms with Crippen LogP contribution in [0.15, 0.2) is 18.2 Å². The highest BCUT2D eigenvalue weighted by Gasteiger charge is 2.11. The monoisotopic (exact) mass is 316 g/mol. The van der Waals surface area contributed by atoms with Crippen molar-refractivity contribution in [1.82, 2.24) is 9.78 Å². The van der Waals surface area contributed by atoms with E-state index in [4.69, 9.17) is 4.74 Å². The van der Waals surface area contributed by atoms with Gasteiger partial charge >= 0.3 is 0 Å². The standard InChI is InChI=1S/C11H13IN2O/c1-3-14-10-8(11(12)13-14)6-5-7-9(10)15-4-2/h5-7H,3-4H2,1-2H3. The maximum absolute atomic E-state index is 5.61. The molecule has 0 unspecified atom stereocenters. The van der Waals surface area contributed by atoms with Gasteiger partial charge in [0.2, 0.25) is 0 Å². The lowest BCUT2D eigenvalue weighted by Crippen LogP contribution is -1.99. The van der Waals surface area contributed by atoms with Crippen LogP contribution in [-0.2, 0) is 6.54 Å². The summed E-state index contributed by atoms with van der Waals surface area (Å²) < 4.78 is 8.63. The van der Waals surface area contributed by atoms with E-state index < -0.39 is 0 Å². The SMILES string of the molecule is CCOc1cccc2c(I)nn(CC)c12. The fourth-order valence-electron chi connectivity index (χ4n) is 1.67. The number of nitrogens with zero attached hydrogens (tertiary/aromatic N) is 2. The smallest absolute Gasteiger partial charge is 0.145 e. The van der Waals surface area contributed by atoms with E-state index in [0.29, 0.717) is 6.61 Å². The molecular formula is C11H13IN2O. The quantitative estimate of drug-likeness (QED) is 0.814. The van der Waals surface area contributed by atoms with Crippen molar-refractivity contribution >= 4 is 33.5 Å². The minimum Gasteiger partial charge on any atom is -0.492 e. The van der Waals surface area contributed by atoms with E-state index in [-0.39, 0.29) is 0 Å². The Hall–Kier alpha value is -0.780. The molecule has 15 heavy (non-hydrogen) atoms. The molecule has 1 heterocycles. The molecule has 0 aliphatic heterocycles. The van der Waals surface area contributed by atoms with Crippen LogP contribution in [0.3, 0.4) is 0 Å². The van der Waals surface area contributed by atoms with Gasteiger partial charge in [-0.3, -0.25) is 4.68 Å². The first-order valence-corrected chi connectivity index (χ1v) is 6.13. The van der Waals surface area contributed by atoms with Crippen LogP contribution < -0.4 is 4.74 Å². The van der Waals surface area contributed by atoms with Crippen LogP contribution in [-0.4, -0.2) is 16.4 Å². The largest absolute Gasteiger partial charge is 0.492 e. The number of hydrogen-bond acceptors (Lipinski definition) is 2. The molecule has 0 atom stereocenters. The first kappa shape index (κ1) is 10.7. The maximum atomic E-state index is 5.61. The number of ether oxygens (including phenoxy) is 1. The highest BCUT2D eigenvalue weighted by Crippen LogP contribution is 2.28. The molecule has 0 amide bonds. The lowest BCUT2D eigenvalue weighted by Gasteiger charge is -2.06. The van der Waals surface area contributed by atoms with Gasteiger partial charge in [0.1, 0.15) is 15.0 Å². The molecule has 0 bridgehead atoms. The van der Waals surface area contributed by atoms with Crippen molar-refractivity contribution in [3.8, 4) is 5.75 Å². The normalized spacial score (nSPS) is 10.9. The minimum atomic E-state index is 0.685. The summed E-state index contributed by atoms with van der Waals surface area (Å²) in [6.45, 7) is 5.63. The summed E-state index contributed by atoms with van der Waals surface area (Å²) in [5.74, 6) is 0.923. The van der Waals surface area contributed by atoms with Gasteiger partial charge in [0.05, 0.1) is 6.61 Å². The Morgan fingerprint density at radius 1 is 1.40 bits per heavy atom. The van der Waals surface area contributed by atoms with Crippen LogP contribution in [0.1, 0.15) is 13.8 Å². The number of benzene rings is 1. The summed E-state index contributed by atoms with van der Waals surface area (Å²) in [7, 11) is 0. The van der Waals surface area contributed by atoms with Crippen molar-refractivity contribution in [3.63, 3.8) is 0 Å². The molecule has 2 rings (SSSR count). The van der Waals surface area contributed by atoms with Crippen LogP contribution in [0.4, 0.5) is 0 Å². The Balaban J connectivity index is 2.70. The third kappa shape index (κ3) is 1.82. The summed E-state index contributed by atoms with van der Waals surface area (Å²) in [5.41, 5.74) is 1.10. The van der Waals surface area contributed by atoms with E-state index >= 15 is 0 Å². The van der Waals surface area contributed by atoms with Crippen molar-refractivity contribution < 1.29 is 4.74 Å². The molecule has 1 aromatic carbocycles. The van der Waals surface area contributed by atoms with E-state index in [1.807, 2.05) is 23.7 Å². The highest BCUT2D eigenvalue weighted by atomic mass is 127. The summed E-state index contributed by atoms with van der Waals surface area (Å²) in [4.78, 5) is 0. The van der Waals surface area contributed by atoms with Crippen molar-refractivity contribution in [3.05, 3.63) is 21.9 Å². The Labute approximate surface area is 103 Å². The summed E-state index contributed by atoms with van der Waals surface area (Å²) in [5, 5.41) is 5.64. The molecule has 2 aromatic rings. The molecule has 4 heteroatoms. The van der Waals surface area contributed by atoms with E-state index in [1.54, 1.807) is 0 Å². The van der Waals surface area contributed by atoms with E-state index in [1.165, 1.54) is 5.39 Å². The Morgan fingerprint density at radius 3 is 2.87 bits per heavy atom. The van der Waals surface area contributed by atoms with Gasteiger partial charge < -0.3 is 4.74 Å². The Bertz CT molecular complexity index is 479. The van der Waals surface area contributed by atoms with Gasteiger partial charge in [0.15, 0.2) is 0 Å². The third-order valence-corrected chi connectivity index (χ3v) is 3.08. The van der Waals surface area contributed by atoms with Crippen molar-refractivity contribution in [2.24, 2.45) is 0 Å². The van der Waals surface area contributed by atoms with Crippen molar-refractivity contribution in [2.45, 2.75) is 20.4 Å². The molecule has 0 aliphatic rings. The summed E-state index contributed by atoms with van der Waals surface area (Å²) >= 11 is 2.26. The van der Waals surface area contributed by atoms with E-state index in [2.05, 4.69) is 40.7 Å². The lowest BCUT2D eigenvalue weighted by molar-refractivity contribution is 0.342. The van der Waals surface area contributed by atoms with Gasteiger partial charge in [-0.05, 0) is 48.6 Å². The number of hydrogen-bond donors (Lipinski definition) is 0. The molecule has 0 radical (unpaired) electrons. The first-order valence-electron chi connectivity index (χ1n) is 5.05. The van der Waals surface area contributed by atoms with Crippen molar-refractivity contribution in [1.29, 1.82) is 0 Å². The topological polar surface area (TPSA) is 27.1 Å². The Morgan fingerprint density at radius 2 is 2.20 bits per heavy atom. The van der Waals surface area contributed by atoms with Gasteiger partial charge in [-0.15, -0.1) is 0 Å².